The average Bonchev–Trinajstić information content (AvgIpc) is 2.67. The van der Waals surface area contributed by atoms with Crippen molar-refractivity contribution in [2.45, 2.75) is 33.3 Å². The van der Waals surface area contributed by atoms with Crippen LogP contribution in [0.1, 0.15) is 27.7 Å². The predicted octanol–water partition coefficient (Wildman–Crippen LogP) is 1.46. The molecule has 0 bridgehead atoms. The first kappa shape index (κ1) is 14.1. The number of ether oxygens (including phenoxy) is 1. The van der Waals surface area contributed by atoms with Crippen molar-refractivity contribution in [3.05, 3.63) is 24.5 Å². The number of nitrogens with one attached hydrogen (secondary N) is 1. The first-order chi connectivity index (χ1) is 8.17. The van der Waals surface area contributed by atoms with Crippen LogP contribution in [0.25, 0.3) is 0 Å². The lowest BCUT2D eigenvalue weighted by molar-refractivity contribution is -0.144. The van der Waals surface area contributed by atoms with Gasteiger partial charge in [0.05, 0.1) is 0 Å². The number of primary amides is 1. The van der Waals surface area contributed by atoms with Crippen molar-refractivity contribution < 1.29 is 14.3 Å². The first-order valence-electron chi connectivity index (χ1n) is 5.60. The Morgan fingerprint density at radius 2 is 1.67 bits per heavy atom. The highest BCUT2D eigenvalue weighted by molar-refractivity contribution is 5.93. The minimum absolute atomic E-state index is 0.440. The average molecular weight is 253 g/mol. The molecule has 0 radical (unpaired) electrons. The van der Waals surface area contributed by atoms with Crippen LogP contribution in [0, 0.1) is 5.41 Å². The monoisotopic (exact) mass is 253 g/mol. The summed E-state index contributed by atoms with van der Waals surface area (Å²) in [7, 11) is 0. The molecule has 6 heteroatoms. The number of hydrogen-bond acceptors (Lipinski definition) is 3. The van der Waals surface area contributed by atoms with Crippen molar-refractivity contribution in [2.75, 3.05) is 5.43 Å². The zero-order chi connectivity index (χ0) is 14.0. The number of rotatable bonds is 3. The summed E-state index contributed by atoms with van der Waals surface area (Å²) in [5.41, 5.74) is 5.70. The maximum atomic E-state index is 12.2. The van der Waals surface area contributed by atoms with Crippen LogP contribution in [0.3, 0.4) is 0 Å². The van der Waals surface area contributed by atoms with Gasteiger partial charge in [-0.15, -0.1) is 0 Å². The van der Waals surface area contributed by atoms with E-state index in [2.05, 4.69) is 5.43 Å². The van der Waals surface area contributed by atoms with Crippen LogP contribution in [0.5, 0.6) is 0 Å². The van der Waals surface area contributed by atoms with E-state index in [1.165, 1.54) is 11.6 Å². The van der Waals surface area contributed by atoms with Gasteiger partial charge in [-0.05, 0) is 19.1 Å². The molecule has 6 nitrogen and oxygen atoms in total. The fourth-order valence-electron chi connectivity index (χ4n) is 1.37. The third-order valence-electron chi connectivity index (χ3n) is 3.00. The molecule has 1 unspecified atom stereocenters. The van der Waals surface area contributed by atoms with Crippen LogP contribution in [0.2, 0.25) is 0 Å². The molecular formula is C12H19N3O3. The van der Waals surface area contributed by atoms with Gasteiger partial charge in [0.1, 0.15) is 0 Å². The van der Waals surface area contributed by atoms with E-state index in [-0.39, 0.29) is 0 Å². The minimum Gasteiger partial charge on any atom is -0.433 e. The number of aromatic nitrogens is 1. The van der Waals surface area contributed by atoms with E-state index in [0.29, 0.717) is 0 Å². The van der Waals surface area contributed by atoms with Crippen LogP contribution >= 0.6 is 0 Å². The Labute approximate surface area is 106 Å². The number of carbonyl (C=O) groups is 2. The molecule has 0 aliphatic rings. The zero-order valence-corrected chi connectivity index (χ0v) is 11.1. The molecule has 1 atom stereocenters. The van der Waals surface area contributed by atoms with E-state index in [1.54, 1.807) is 45.3 Å². The first-order valence-corrected chi connectivity index (χ1v) is 5.60. The van der Waals surface area contributed by atoms with Gasteiger partial charge in [0, 0.05) is 17.8 Å². The molecule has 0 aromatic carbocycles. The fraction of sp³-hybridized carbons (Fsp3) is 0.500. The van der Waals surface area contributed by atoms with Crippen molar-refractivity contribution in [1.82, 2.24) is 4.68 Å². The molecule has 0 spiro atoms. The van der Waals surface area contributed by atoms with Crippen molar-refractivity contribution in [1.29, 1.82) is 0 Å². The van der Waals surface area contributed by atoms with Crippen molar-refractivity contribution in [3.8, 4) is 0 Å². The van der Waals surface area contributed by atoms with Gasteiger partial charge in [-0.25, -0.2) is 4.79 Å². The van der Waals surface area contributed by atoms with E-state index >= 15 is 0 Å². The molecule has 0 saturated heterocycles. The molecule has 0 saturated carbocycles. The highest BCUT2D eigenvalue weighted by Gasteiger charge is 2.48. The topological polar surface area (TPSA) is 86.3 Å². The normalized spacial score (nSPS) is 14.7. The third kappa shape index (κ3) is 2.82. The van der Waals surface area contributed by atoms with Gasteiger partial charge in [-0.2, -0.15) is 0 Å². The SMILES string of the molecule is CC(C)(C)C(C)(OC(N)=O)C(=O)Nn1cccc1. The third-order valence-corrected chi connectivity index (χ3v) is 3.00. The van der Waals surface area contributed by atoms with Crippen molar-refractivity contribution in [2.24, 2.45) is 11.1 Å². The summed E-state index contributed by atoms with van der Waals surface area (Å²) >= 11 is 0. The second-order valence-electron chi connectivity index (χ2n) is 5.24. The standard InChI is InChI=1S/C12H19N3O3/c1-11(2,3)12(4,18-10(13)17)9(16)14-15-7-5-6-8-15/h5-8H,1-4H3,(H2,13,17)(H,14,16). The summed E-state index contributed by atoms with van der Waals surface area (Å²) in [5, 5.41) is 0. The Hall–Kier alpha value is -1.98. The summed E-state index contributed by atoms with van der Waals surface area (Å²) in [6.07, 6.45) is 2.37. The second-order valence-corrected chi connectivity index (χ2v) is 5.24. The number of nitrogens with two attached hydrogens (primary N) is 1. The lowest BCUT2D eigenvalue weighted by Gasteiger charge is -2.38. The van der Waals surface area contributed by atoms with E-state index in [1.807, 2.05) is 0 Å². The van der Waals surface area contributed by atoms with E-state index in [4.69, 9.17) is 10.5 Å². The van der Waals surface area contributed by atoms with Gasteiger partial charge in [0.2, 0.25) is 0 Å². The number of nitrogens with zero attached hydrogens (tertiary/aromatic N) is 1. The minimum atomic E-state index is -1.36. The quantitative estimate of drug-likeness (QED) is 0.855. The van der Waals surface area contributed by atoms with Gasteiger partial charge in [0.25, 0.3) is 5.91 Å². The highest BCUT2D eigenvalue weighted by atomic mass is 16.6. The van der Waals surface area contributed by atoms with Gasteiger partial charge in [-0.1, -0.05) is 20.8 Å². The van der Waals surface area contributed by atoms with Gasteiger partial charge in [0.15, 0.2) is 5.60 Å². The number of carbonyl (C=O) groups excluding carboxylic acids is 2. The molecule has 0 aliphatic heterocycles. The molecule has 1 aromatic heterocycles. The largest absolute Gasteiger partial charge is 0.433 e. The van der Waals surface area contributed by atoms with Crippen LogP contribution in [-0.2, 0) is 9.53 Å². The predicted molar refractivity (Wildman–Crippen MR) is 67.3 cm³/mol. The molecule has 1 heterocycles. The summed E-state index contributed by atoms with van der Waals surface area (Å²) < 4.78 is 6.51. The number of hydrogen-bond donors (Lipinski definition) is 2. The van der Waals surface area contributed by atoms with Crippen LogP contribution in [-0.4, -0.2) is 22.3 Å². The van der Waals surface area contributed by atoms with Gasteiger partial charge >= 0.3 is 6.09 Å². The zero-order valence-electron chi connectivity index (χ0n) is 11.1. The molecule has 3 N–H and O–H groups in total. The summed E-state index contributed by atoms with van der Waals surface area (Å²) in [6, 6.07) is 3.54. The van der Waals surface area contributed by atoms with Gasteiger partial charge < -0.3 is 10.5 Å². The summed E-state index contributed by atoms with van der Waals surface area (Å²) in [5.74, 6) is -0.440. The van der Waals surface area contributed by atoms with Crippen molar-refractivity contribution in [3.63, 3.8) is 0 Å². The number of amides is 2. The molecule has 1 rings (SSSR count). The van der Waals surface area contributed by atoms with Gasteiger partial charge in [-0.3, -0.25) is 14.9 Å². The Morgan fingerprint density at radius 1 is 1.17 bits per heavy atom. The van der Waals surface area contributed by atoms with E-state index in [9.17, 15) is 9.59 Å². The molecule has 0 aliphatic carbocycles. The molecule has 1 aromatic rings. The molecule has 18 heavy (non-hydrogen) atoms. The Balaban J connectivity index is 2.96. The lowest BCUT2D eigenvalue weighted by atomic mass is 9.77. The maximum Gasteiger partial charge on any atom is 0.405 e. The molecule has 100 valence electrons. The Kier molecular flexibility index (Phi) is 3.69. The smallest absolute Gasteiger partial charge is 0.405 e. The maximum absolute atomic E-state index is 12.2. The molecular weight excluding hydrogens is 234 g/mol. The van der Waals surface area contributed by atoms with E-state index in [0.717, 1.165) is 0 Å². The van der Waals surface area contributed by atoms with E-state index < -0.39 is 23.0 Å². The van der Waals surface area contributed by atoms with Crippen LogP contribution < -0.4 is 11.2 Å². The molecule has 0 fully saturated rings. The van der Waals surface area contributed by atoms with Crippen molar-refractivity contribution >= 4 is 12.0 Å². The van der Waals surface area contributed by atoms with Crippen LogP contribution in [0.4, 0.5) is 4.79 Å². The van der Waals surface area contributed by atoms with Crippen LogP contribution in [0.15, 0.2) is 24.5 Å². The Morgan fingerprint density at radius 3 is 2.06 bits per heavy atom. The lowest BCUT2D eigenvalue weighted by Crippen LogP contribution is -2.55. The highest BCUT2D eigenvalue weighted by Crippen LogP contribution is 2.34. The second kappa shape index (κ2) is 4.72. The fourth-order valence-corrected chi connectivity index (χ4v) is 1.37. The Bertz CT molecular complexity index is 434. The summed E-state index contributed by atoms with van der Waals surface area (Å²) in [4.78, 5) is 23.2. The summed E-state index contributed by atoms with van der Waals surface area (Å²) in [6.45, 7) is 6.93. The molecule has 2 amide bonds.